The molecule has 23 heavy (non-hydrogen) atoms. The number of benzene rings is 1. The molecule has 0 aliphatic heterocycles. The van der Waals surface area contributed by atoms with Crippen molar-refractivity contribution in [1.29, 1.82) is 0 Å². The predicted molar refractivity (Wildman–Crippen MR) is 85.3 cm³/mol. The summed E-state index contributed by atoms with van der Waals surface area (Å²) >= 11 is 0. The standard InChI is InChI=1S/C17H22FN3O2/c1-21(2)17(23)12-8-11(5-6-13(12)18)20-16(22)14-9-3-4-10(7-9)15(14)19/h5-6,8-10,14-15H,3-4,7,19H2,1-2H3,(H,20,22). The number of rotatable bonds is 3. The number of nitrogens with zero attached hydrogens (tertiary/aromatic N) is 1. The molecule has 0 heterocycles. The second kappa shape index (κ2) is 5.92. The summed E-state index contributed by atoms with van der Waals surface area (Å²) in [5.74, 6) is -0.562. The van der Waals surface area contributed by atoms with E-state index in [9.17, 15) is 14.0 Å². The Bertz CT molecular complexity index is 645. The fraction of sp³-hybridized carbons (Fsp3) is 0.529. The molecule has 2 amide bonds. The van der Waals surface area contributed by atoms with Crippen molar-refractivity contribution in [1.82, 2.24) is 4.90 Å². The topological polar surface area (TPSA) is 75.4 Å². The van der Waals surface area contributed by atoms with Gasteiger partial charge in [-0.05, 0) is 49.3 Å². The Balaban J connectivity index is 1.77. The number of fused-ring (bicyclic) bond motifs is 2. The van der Waals surface area contributed by atoms with Gasteiger partial charge in [-0.1, -0.05) is 0 Å². The highest BCUT2D eigenvalue weighted by Gasteiger charge is 2.49. The minimum Gasteiger partial charge on any atom is -0.345 e. The predicted octanol–water partition coefficient (Wildman–Crippen LogP) is 1.84. The van der Waals surface area contributed by atoms with Crippen LogP contribution in [0.5, 0.6) is 0 Å². The third kappa shape index (κ3) is 2.83. The van der Waals surface area contributed by atoms with E-state index in [0.717, 1.165) is 19.3 Å². The van der Waals surface area contributed by atoms with Gasteiger partial charge in [-0.25, -0.2) is 4.39 Å². The van der Waals surface area contributed by atoms with Gasteiger partial charge in [0, 0.05) is 25.8 Å². The first-order valence-corrected chi connectivity index (χ1v) is 7.96. The van der Waals surface area contributed by atoms with Crippen LogP contribution in [-0.2, 0) is 4.79 Å². The summed E-state index contributed by atoms with van der Waals surface area (Å²) in [5, 5.41) is 2.80. The van der Waals surface area contributed by atoms with Crippen LogP contribution >= 0.6 is 0 Å². The highest BCUT2D eigenvalue weighted by atomic mass is 19.1. The van der Waals surface area contributed by atoms with Crippen LogP contribution < -0.4 is 11.1 Å². The average Bonchev–Trinajstić information content (AvgIpc) is 3.09. The zero-order valence-electron chi connectivity index (χ0n) is 13.4. The van der Waals surface area contributed by atoms with Crippen molar-refractivity contribution in [2.75, 3.05) is 19.4 Å². The molecule has 4 atom stereocenters. The number of halogens is 1. The summed E-state index contributed by atoms with van der Waals surface area (Å²) in [6.07, 6.45) is 3.17. The second-order valence-electron chi connectivity index (χ2n) is 6.82. The smallest absolute Gasteiger partial charge is 0.256 e. The number of hydrogen-bond donors (Lipinski definition) is 2. The molecule has 0 spiro atoms. The minimum atomic E-state index is -0.599. The SMILES string of the molecule is CN(C)C(=O)c1cc(NC(=O)C2C3CCC(C3)C2N)ccc1F. The summed E-state index contributed by atoms with van der Waals surface area (Å²) in [5.41, 5.74) is 6.56. The third-order valence-corrected chi connectivity index (χ3v) is 5.15. The van der Waals surface area contributed by atoms with Gasteiger partial charge in [0.05, 0.1) is 11.5 Å². The summed E-state index contributed by atoms with van der Waals surface area (Å²) in [4.78, 5) is 25.8. The van der Waals surface area contributed by atoms with Gasteiger partial charge in [-0.3, -0.25) is 9.59 Å². The lowest BCUT2D eigenvalue weighted by Gasteiger charge is -2.27. The lowest BCUT2D eigenvalue weighted by Crippen LogP contribution is -2.42. The van der Waals surface area contributed by atoms with Gasteiger partial charge in [-0.2, -0.15) is 0 Å². The molecule has 0 saturated heterocycles. The lowest BCUT2D eigenvalue weighted by molar-refractivity contribution is -0.121. The molecule has 0 aromatic heterocycles. The van der Waals surface area contributed by atoms with E-state index < -0.39 is 11.7 Å². The number of anilines is 1. The van der Waals surface area contributed by atoms with E-state index in [2.05, 4.69) is 5.32 Å². The van der Waals surface area contributed by atoms with E-state index in [1.807, 2.05) is 0 Å². The zero-order chi connectivity index (χ0) is 16.7. The van der Waals surface area contributed by atoms with Crippen LogP contribution in [0.1, 0.15) is 29.6 Å². The van der Waals surface area contributed by atoms with E-state index >= 15 is 0 Å². The van der Waals surface area contributed by atoms with Crippen molar-refractivity contribution < 1.29 is 14.0 Å². The van der Waals surface area contributed by atoms with Crippen LogP contribution in [0, 0.1) is 23.6 Å². The zero-order valence-corrected chi connectivity index (χ0v) is 13.4. The quantitative estimate of drug-likeness (QED) is 0.892. The Morgan fingerprint density at radius 3 is 2.57 bits per heavy atom. The molecular formula is C17H22FN3O2. The monoisotopic (exact) mass is 319 g/mol. The molecule has 2 bridgehead atoms. The van der Waals surface area contributed by atoms with Gasteiger partial charge in [0.15, 0.2) is 0 Å². The molecular weight excluding hydrogens is 297 g/mol. The number of hydrogen-bond acceptors (Lipinski definition) is 3. The van der Waals surface area contributed by atoms with Crippen molar-refractivity contribution in [3.8, 4) is 0 Å². The van der Waals surface area contributed by atoms with E-state index in [4.69, 9.17) is 5.73 Å². The molecule has 6 heteroatoms. The summed E-state index contributed by atoms with van der Waals surface area (Å²) in [6, 6.07) is 3.96. The van der Waals surface area contributed by atoms with Crippen LogP contribution in [0.3, 0.4) is 0 Å². The van der Waals surface area contributed by atoms with Gasteiger partial charge >= 0.3 is 0 Å². The fourth-order valence-electron chi connectivity index (χ4n) is 3.96. The van der Waals surface area contributed by atoms with Crippen LogP contribution in [0.4, 0.5) is 10.1 Å². The second-order valence-corrected chi connectivity index (χ2v) is 6.82. The first-order valence-electron chi connectivity index (χ1n) is 7.96. The normalized spacial score (nSPS) is 28.7. The minimum absolute atomic E-state index is 0.0509. The average molecular weight is 319 g/mol. The largest absolute Gasteiger partial charge is 0.345 e. The molecule has 3 N–H and O–H groups in total. The van der Waals surface area contributed by atoms with Crippen molar-refractivity contribution in [3.63, 3.8) is 0 Å². The maximum absolute atomic E-state index is 13.8. The maximum Gasteiger partial charge on any atom is 0.256 e. The number of nitrogens with two attached hydrogens (primary N) is 1. The Hall–Kier alpha value is -1.95. The van der Waals surface area contributed by atoms with E-state index in [-0.39, 0.29) is 23.4 Å². The summed E-state index contributed by atoms with van der Waals surface area (Å²) in [6.45, 7) is 0. The summed E-state index contributed by atoms with van der Waals surface area (Å²) in [7, 11) is 3.11. The van der Waals surface area contributed by atoms with E-state index in [0.29, 0.717) is 17.5 Å². The molecule has 2 aliphatic rings. The van der Waals surface area contributed by atoms with E-state index in [1.165, 1.54) is 23.1 Å². The Labute approximate surface area is 135 Å². The van der Waals surface area contributed by atoms with Crippen molar-refractivity contribution in [2.45, 2.75) is 25.3 Å². The molecule has 2 saturated carbocycles. The molecule has 1 aromatic rings. The fourth-order valence-corrected chi connectivity index (χ4v) is 3.96. The van der Waals surface area contributed by atoms with Gasteiger partial charge in [0.1, 0.15) is 5.82 Å². The van der Waals surface area contributed by atoms with Crippen LogP contribution in [0.2, 0.25) is 0 Å². The molecule has 5 nitrogen and oxygen atoms in total. The van der Waals surface area contributed by atoms with Crippen molar-refractivity contribution >= 4 is 17.5 Å². The first-order chi connectivity index (χ1) is 10.9. The summed E-state index contributed by atoms with van der Waals surface area (Å²) < 4.78 is 13.8. The lowest BCUT2D eigenvalue weighted by atomic mass is 9.84. The van der Waals surface area contributed by atoms with Crippen LogP contribution in [-0.4, -0.2) is 36.9 Å². The Morgan fingerprint density at radius 2 is 1.96 bits per heavy atom. The maximum atomic E-state index is 13.8. The van der Waals surface area contributed by atoms with Crippen LogP contribution in [0.15, 0.2) is 18.2 Å². The highest BCUT2D eigenvalue weighted by Crippen LogP contribution is 2.47. The van der Waals surface area contributed by atoms with Gasteiger partial charge in [0.25, 0.3) is 5.91 Å². The number of amides is 2. The number of nitrogens with one attached hydrogen (secondary N) is 1. The number of carbonyl (C=O) groups excluding carboxylic acids is 2. The molecule has 2 fully saturated rings. The highest BCUT2D eigenvalue weighted by molar-refractivity contribution is 5.98. The molecule has 3 rings (SSSR count). The Kier molecular flexibility index (Phi) is 4.10. The van der Waals surface area contributed by atoms with Crippen molar-refractivity contribution in [2.24, 2.45) is 23.5 Å². The molecule has 4 unspecified atom stereocenters. The Morgan fingerprint density at radius 1 is 1.26 bits per heavy atom. The van der Waals surface area contributed by atoms with Crippen molar-refractivity contribution in [3.05, 3.63) is 29.6 Å². The molecule has 1 aromatic carbocycles. The van der Waals surface area contributed by atoms with E-state index in [1.54, 1.807) is 14.1 Å². The third-order valence-electron chi connectivity index (χ3n) is 5.15. The number of carbonyl (C=O) groups is 2. The van der Waals surface area contributed by atoms with Gasteiger partial charge in [-0.15, -0.1) is 0 Å². The van der Waals surface area contributed by atoms with Crippen LogP contribution in [0.25, 0.3) is 0 Å². The molecule has 124 valence electrons. The molecule has 2 aliphatic carbocycles. The van der Waals surface area contributed by atoms with Gasteiger partial charge in [0.2, 0.25) is 5.91 Å². The first kappa shape index (κ1) is 15.9. The van der Waals surface area contributed by atoms with Gasteiger partial charge < -0.3 is 16.0 Å². The molecule has 0 radical (unpaired) electrons.